The third-order valence-electron chi connectivity index (χ3n) is 4.62. The Morgan fingerprint density at radius 2 is 1.96 bits per heavy atom. The second kappa shape index (κ2) is 6.80. The third-order valence-corrected chi connectivity index (χ3v) is 4.62. The predicted molar refractivity (Wildman–Crippen MR) is 98.7 cm³/mol. The molecule has 1 aliphatic heterocycles. The maximum Gasteiger partial charge on any atom is 0.137 e. The second-order valence-electron chi connectivity index (χ2n) is 6.81. The molecule has 3 aromatic heterocycles. The molecule has 0 spiro atoms. The lowest BCUT2D eigenvalue weighted by Crippen LogP contribution is -2.14. The van der Waals surface area contributed by atoms with Gasteiger partial charge in [-0.15, -0.1) is 0 Å². The first-order valence-electron chi connectivity index (χ1n) is 8.86. The highest BCUT2D eigenvalue weighted by Gasteiger charge is 2.19. The van der Waals surface area contributed by atoms with Crippen molar-refractivity contribution in [3.8, 4) is 11.4 Å². The molecule has 25 heavy (non-hydrogen) atoms. The average molecular weight is 337 g/mol. The number of anilines is 1. The van der Waals surface area contributed by atoms with E-state index in [1.807, 2.05) is 12.3 Å². The van der Waals surface area contributed by atoms with Gasteiger partial charge in [-0.2, -0.15) is 5.10 Å². The number of hydrogen-bond acceptors (Lipinski definition) is 5. The predicted octanol–water partition coefficient (Wildman–Crippen LogP) is 3.73. The number of nitrogens with zero attached hydrogens (tertiary/aromatic N) is 3. The van der Waals surface area contributed by atoms with Gasteiger partial charge in [0.25, 0.3) is 0 Å². The summed E-state index contributed by atoms with van der Waals surface area (Å²) in [6.07, 6.45) is 5.80. The van der Waals surface area contributed by atoms with Crippen LogP contribution in [0.5, 0.6) is 0 Å². The average Bonchev–Trinajstić information content (AvgIpc) is 3.07. The fourth-order valence-corrected chi connectivity index (χ4v) is 3.40. The number of nitrogens with one attached hydrogen (secondary N) is 2. The number of H-pyrrole nitrogens is 1. The van der Waals surface area contributed by atoms with Crippen LogP contribution in [-0.4, -0.2) is 39.4 Å². The monoisotopic (exact) mass is 337 g/mol. The number of hydrogen-bond donors (Lipinski definition) is 2. The Labute approximate surface area is 147 Å². The molecule has 0 aromatic carbocycles. The van der Waals surface area contributed by atoms with E-state index in [2.05, 4.69) is 51.5 Å². The second-order valence-corrected chi connectivity index (χ2v) is 6.81. The van der Waals surface area contributed by atoms with E-state index in [0.29, 0.717) is 12.0 Å². The summed E-state index contributed by atoms with van der Waals surface area (Å²) in [6.45, 7) is 5.87. The van der Waals surface area contributed by atoms with Crippen LogP contribution in [0.1, 0.15) is 38.2 Å². The first kappa shape index (κ1) is 16.0. The van der Waals surface area contributed by atoms with Gasteiger partial charge in [0.05, 0.1) is 16.6 Å². The maximum atomic E-state index is 5.48. The fourth-order valence-electron chi connectivity index (χ4n) is 3.40. The Hall–Kier alpha value is -2.47. The van der Waals surface area contributed by atoms with Crippen LogP contribution in [-0.2, 0) is 4.74 Å². The number of rotatable bonds is 4. The van der Waals surface area contributed by atoms with Gasteiger partial charge in [-0.25, -0.2) is 4.98 Å². The fraction of sp³-hybridized carbons (Fsp3) is 0.421. The number of ether oxygens (including phenoxy) is 1. The Balaban J connectivity index is 1.77. The highest BCUT2D eigenvalue weighted by atomic mass is 16.5. The van der Waals surface area contributed by atoms with Crippen molar-refractivity contribution in [1.82, 2.24) is 20.2 Å². The lowest BCUT2D eigenvalue weighted by Gasteiger charge is -2.22. The minimum Gasteiger partial charge on any atom is -0.381 e. The van der Waals surface area contributed by atoms with Crippen LogP contribution in [0.15, 0.2) is 30.6 Å². The zero-order valence-corrected chi connectivity index (χ0v) is 14.6. The van der Waals surface area contributed by atoms with Crippen LogP contribution in [0.4, 0.5) is 5.82 Å². The highest BCUT2D eigenvalue weighted by Crippen LogP contribution is 2.33. The molecule has 6 heteroatoms. The van der Waals surface area contributed by atoms with Crippen LogP contribution in [0, 0.1) is 0 Å². The van der Waals surface area contributed by atoms with E-state index < -0.39 is 0 Å². The molecule has 1 saturated heterocycles. The van der Waals surface area contributed by atoms with Gasteiger partial charge in [0.2, 0.25) is 0 Å². The zero-order valence-electron chi connectivity index (χ0n) is 14.6. The van der Waals surface area contributed by atoms with Gasteiger partial charge >= 0.3 is 0 Å². The van der Waals surface area contributed by atoms with Crippen LogP contribution < -0.4 is 5.32 Å². The summed E-state index contributed by atoms with van der Waals surface area (Å²) >= 11 is 0. The summed E-state index contributed by atoms with van der Waals surface area (Å²) in [4.78, 5) is 9.08. The summed E-state index contributed by atoms with van der Waals surface area (Å²) < 4.78 is 5.48. The van der Waals surface area contributed by atoms with E-state index in [4.69, 9.17) is 4.74 Å². The standard InChI is InChI=1S/C19H23N5O/c1-12(2)22-19-17-15(4-8-21-19)23-24-18(17)16-11-14(3-7-20-16)13-5-9-25-10-6-13/h3-4,7-8,11-13H,5-6,9-10H2,1-2H3,(H,21,22)(H,23,24). The minimum absolute atomic E-state index is 0.294. The van der Waals surface area contributed by atoms with Gasteiger partial charge in [-0.1, -0.05) is 0 Å². The van der Waals surface area contributed by atoms with Crippen LogP contribution in [0.25, 0.3) is 22.3 Å². The van der Waals surface area contributed by atoms with Crippen molar-refractivity contribution in [1.29, 1.82) is 0 Å². The Morgan fingerprint density at radius 1 is 1.16 bits per heavy atom. The maximum absolute atomic E-state index is 5.48. The first-order chi connectivity index (χ1) is 12.2. The Bertz CT molecular complexity index is 867. The van der Waals surface area contributed by atoms with Crippen molar-refractivity contribution in [3.05, 3.63) is 36.2 Å². The summed E-state index contributed by atoms with van der Waals surface area (Å²) in [7, 11) is 0. The minimum atomic E-state index is 0.294. The highest BCUT2D eigenvalue weighted by molar-refractivity contribution is 5.99. The topological polar surface area (TPSA) is 75.7 Å². The molecule has 0 unspecified atom stereocenters. The molecule has 2 N–H and O–H groups in total. The van der Waals surface area contributed by atoms with E-state index in [-0.39, 0.29) is 0 Å². The molecule has 4 heterocycles. The van der Waals surface area contributed by atoms with Crippen molar-refractivity contribution in [2.45, 2.75) is 38.6 Å². The van der Waals surface area contributed by atoms with Crippen molar-refractivity contribution < 1.29 is 4.74 Å². The van der Waals surface area contributed by atoms with Gasteiger partial charge in [0, 0.05) is 31.6 Å². The molecule has 0 bridgehead atoms. The lowest BCUT2D eigenvalue weighted by molar-refractivity contribution is 0.0853. The molecule has 0 saturated carbocycles. The smallest absolute Gasteiger partial charge is 0.137 e. The quantitative estimate of drug-likeness (QED) is 0.758. The van der Waals surface area contributed by atoms with E-state index in [0.717, 1.165) is 54.2 Å². The lowest BCUT2D eigenvalue weighted by atomic mass is 9.91. The van der Waals surface area contributed by atoms with Crippen molar-refractivity contribution in [3.63, 3.8) is 0 Å². The van der Waals surface area contributed by atoms with Gasteiger partial charge in [-0.05, 0) is 56.4 Å². The summed E-state index contributed by atoms with van der Waals surface area (Å²) in [5.41, 5.74) is 4.01. The van der Waals surface area contributed by atoms with Crippen molar-refractivity contribution in [2.75, 3.05) is 18.5 Å². The number of pyridine rings is 2. The largest absolute Gasteiger partial charge is 0.381 e. The van der Waals surface area contributed by atoms with E-state index >= 15 is 0 Å². The zero-order chi connectivity index (χ0) is 17.2. The van der Waals surface area contributed by atoms with Gasteiger partial charge in [-0.3, -0.25) is 10.1 Å². The molecule has 1 aliphatic rings. The van der Waals surface area contributed by atoms with Crippen LogP contribution in [0.3, 0.4) is 0 Å². The molecule has 3 aromatic rings. The molecule has 4 rings (SSSR count). The molecule has 0 atom stereocenters. The molecule has 6 nitrogen and oxygen atoms in total. The van der Waals surface area contributed by atoms with Gasteiger partial charge in [0.15, 0.2) is 0 Å². The molecule has 1 fully saturated rings. The van der Waals surface area contributed by atoms with Gasteiger partial charge < -0.3 is 10.1 Å². The Kier molecular flexibility index (Phi) is 4.36. The molecule has 0 radical (unpaired) electrons. The molecule has 0 aliphatic carbocycles. The number of fused-ring (bicyclic) bond motifs is 1. The van der Waals surface area contributed by atoms with Crippen molar-refractivity contribution in [2.24, 2.45) is 0 Å². The normalized spacial score (nSPS) is 15.8. The molecule has 130 valence electrons. The first-order valence-corrected chi connectivity index (χ1v) is 8.86. The SMILES string of the molecule is CC(C)Nc1nccc2[nH]nc(-c3cc(C4CCOCC4)ccn3)c12. The summed E-state index contributed by atoms with van der Waals surface area (Å²) in [5.74, 6) is 1.38. The van der Waals surface area contributed by atoms with Crippen molar-refractivity contribution >= 4 is 16.7 Å². The number of aromatic nitrogens is 4. The third kappa shape index (κ3) is 3.22. The molecular weight excluding hydrogens is 314 g/mol. The van der Waals surface area contributed by atoms with E-state index in [1.165, 1.54) is 5.56 Å². The van der Waals surface area contributed by atoms with E-state index in [1.54, 1.807) is 6.20 Å². The number of aromatic amines is 1. The van der Waals surface area contributed by atoms with Crippen LogP contribution in [0.2, 0.25) is 0 Å². The summed E-state index contributed by atoms with van der Waals surface area (Å²) in [6, 6.07) is 6.51. The molecular formula is C19H23N5O. The molecule has 0 amide bonds. The van der Waals surface area contributed by atoms with Gasteiger partial charge in [0.1, 0.15) is 11.5 Å². The van der Waals surface area contributed by atoms with Crippen LogP contribution >= 0.6 is 0 Å². The van der Waals surface area contributed by atoms with E-state index in [9.17, 15) is 0 Å². The Morgan fingerprint density at radius 3 is 2.76 bits per heavy atom. The summed E-state index contributed by atoms with van der Waals surface area (Å²) in [5, 5.41) is 12.0.